The van der Waals surface area contributed by atoms with Crippen molar-refractivity contribution in [3.8, 4) is 11.8 Å². The molecule has 0 amide bonds. The quantitative estimate of drug-likeness (QED) is 0.819. The molecule has 2 N–H and O–H groups in total. The zero-order chi connectivity index (χ0) is 19.8. The average Bonchev–Trinajstić information content (AvgIpc) is 2.70. The molecule has 28 heavy (non-hydrogen) atoms. The number of likely N-dealkylation sites (tertiary alicyclic amines) is 1. The number of nitriles is 1. The van der Waals surface area contributed by atoms with Crippen LogP contribution >= 0.6 is 0 Å². The summed E-state index contributed by atoms with van der Waals surface area (Å²) in [6.07, 6.45) is 2.43. The maximum Gasteiger partial charge on any atom is 0.241 e. The number of nitrogens with one attached hydrogen (secondary N) is 2. The monoisotopic (exact) mass is 398 g/mol. The Morgan fingerprint density at radius 1 is 1.14 bits per heavy atom. The molecule has 0 bridgehead atoms. The predicted octanol–water partition coefficient (Wildman–Crippen LogP) is 1.41. The molecule has 4 rings (SSSR count). The van der Waals surface area contributed by atoms with Crippen LogP contribution in [0, 0.1) is 11.3 Å². The minimum absolute atomic E-state index is 0.164. The molecule has 1 atom stereocenters. The highest BCUT2D eigenvalue weighted by molar-refractivity contribution is 7.89. The first-order valence-electron chi connectivity index (χ1n) is 9.53. The molecule has 2 aromatic rings. The average molecular weight is 399 g/mol. The number of para-hydroxylation sites is 1. The molecule has 0 unspecified atom stereocenters. The SMILES string of the molecule is C[NH+]1CCC2(CC1)C[C@@H](NS(=O)(=O)c1ccc(C#N)cc1)c1ccccc1O2. The minimum atomic E-state index is -3.71. The van der Waals surface area contributed by atoms with Crippen molar-refractivity contribution in [2.75, 3.05) is 20.1 Å². The van der Waals surface area contributed by atoms with E-state index in [4.69, 9.17) is 10.00 Å². The second kappa shape index (κ2) is 7.21. The number of quaternary nitrogens is 1. The third kappa shape index (κ3) is 3.63. The van der Waals surface area contributed by atoms with E-state index < -0.39 is 10.0 Å². The summed E-state index contributed by atoms with van der Waals surface area (Å²) in [5, 5.41) is 8.93. The molecule has 6 nitrogen and oxygen atoms in total. The number of sulfonamides is 1. The number of ether oxygens (including phenoxy) is 1. The number of piperidine rings is 1. The Morgan fingerprint density at radius 3 is 2.50 bits per heavy atom. The second-order valence-electron chi connectivity index (χ2n) is 7.79. The van der Waals surface area contributed by atoms with Crippen LogP contribution in [0.5, 0.6) is 5.75 Å². The summed E-state index contributed by atoms with van der Waals surface area (Å²) in [7, 11) is -1.54. The number of benzene rings is 2. The highest BCUT2D eigenvalue weighted by Gasteiger charge is 2.45. The molecule has 0 aromatic heterocycles. The predicted molar refractivity (Wildman–Crippen MR) is 104 cm³/mol. The van der Waals surface area contributed by atoms with Gasteiger partial charge in [-0.05, 0) is 30.3 Å². The van der Waals surface area contributed by atoms with Gasteiger partial charge in [0.2, 0.25) is 10.0 Å². The first kappa shape index (κ1) is 18.9. The molecule has 2 heterocycles. The molecule has 0 radical (unpaired) electrons. The Balaban J connectivity index is 1.64. The number of hydrogen-bond acceptors (Lipinski definition) is 4. The molecule has 146 valence electrons. The number of rotatable bonds is 3. The van der Waals surface area contributed by atoms with Crippen molar-refractivity contribution >= 4 is 10.0 Å². The molecule has 2 aromatic carbocycles. The maximum absolute atomic E-state index is 13.0. The van der Waals surface area contributed by atoms with E-state index >= 15 is 0 Å². The lowest BCUT2D eigenvalue weighted by atomic mass is 9.81. The second-order valence-corrected chi connectivity index (χ2v) is 9.51. The standard InChI is InChI=1S/C21H23N3O3S/c1-24-12-10-21(11-13-24)14-19(18-4-2-3-5-20(18)27-21)23-28(25,26)17-8-6-16(15-22)7-9-17/h2-9,19,23H,10-14H2,1H3/p+1/t19-/m1/s1. The number of hydrogen-bond donors (Lipinski definition) is 2. The van der Waals surface area contributed by atoms with Gasteiger partial charge in [0.1, 0.15) is 11.4 Å². The van der Waals surface area contributed by atoms with E-state index in [-0.39, 0.29) is 16.5 Å². The van der Waals surface area contributed by atoms with Gasteiger partial charge >= 0.3 is 0 Å². The molecule has 2 aliphatic rings. The molecular formula is C21H24N3O3S+. The molecule has 1 saturated heterocycles. The van der Waals surface area contributed by atoms with Crippen LogP contribution in [0.2, 0.25) is 0 Å². The van der Waals surface area contributed by atoms with Crippen molar-refractivity contribution in [3.63, 3.8) is 0 Å². The van der Waals surface area contributed by atoms with Crippen LogP contribution in [0.15, 0.2) is 53.4 Å². The first-order chi connectivity index (χ1) is 13.4. The molecule has 1 spiro atoms. The van der Waals surface area contributed by atoms with Crippen molar-refractivity contribution in [1.29, 1.82) is 5.26 Å². The van der Waals surface area contributed by atoms with Gasteiger partial charge in [-0.1, -0.05) is 18.2 Å². The van der Waals surface area contributed by atoms with E-state index in [1.54, 1.807) is 0 Å². The van der Waals surface area contributed by atoms with Crippen molar-refractivity contribution in [3.05, 3.63) is 59.7 Å². The van der Waals surface area contributed by atoms with Crippen LogP contribution in [0.3, 0.4) is 0 Å². The van der Waals surface area contributed by atoms with E-state index in [9.17, 15) is 8.42 Å². The normalized spacial score (nSPS) is 26.9. The Bertz CT molecular complexity index is 1000. The lowest BCUT2D eigenvalue weighted by Gasteiger charge is -2.45. The summed E-state index contributed by atoms with van der Waals surface area (Å²) in [4.78, 5) is 1.64. The Kier molecular flexibility index (Phi) is 4.88. The van der Waals surface area contributed by atoms with Gasteiger partial charge in [0.15, 0.2) is 0 Å². The summed E-state index contributed by atoms with van der Waals surface area (Å²) >= 11 is 0. The van der Waals surface area contributed by atoms with Gasteiger partial charge in [-0.3, -0.25) is 0 Å². The molecule has 7 heteroatoms. The summed E-state index contributed by atoms with van der Waals surface area (Å²) in [5.41, 5.74) is 0.978. The van der Waals surface area contributed by atoms with Crippen LogP contribution in [-0.4, -0.2) is 34.2 Å². The van der Waals surface area contributed by atoms with Crippen LogP contribution in [0.25, 0.3) is 0 Å². The highest BCUT2D eigenvalue weighted by Crippen LogP contribution is 2.43. The summed E-state index contributed by atoms with van der Waals surface area (Å²) < 4.78 is 35.3. The summed E-state index contributed by atoms with van der Waals surface area (Å²) in [6.45, 7) is 2.02. The molecule has 2 aliphatic heterocycles. The maximum atomic E-state index is 13.0. The fourth-order valence-corrected chi connectivity index (χ4v) is 5.34. The van der Waals surface area contributed by atoms with Crippen LogP contribution in [0.4, 0.5) is 0 Å². The zero-order valence-electron chi connectivity index (χ0n) is 15.8. The largest absolute Gasteiger partial charge is 0.486 e. The molecule has 0 saturated carbocycles. The van der Waals surface area contributed by atoms with Gasteiger partial charge < -0.3 is 9.64 Å². The van der Waals surface area contributed by atoms with E-state index in [2.05, 4.69) is 11.8 Å². The minimum Gasteiger partial charge on any atom is -0.486 e. The van der Waals surface area contributed by atoms with Crippen molar-refractivity contribution in [2.24, 2.45) is 0 Å². The van der Waals surface area contributed by atoms with Gasteiger partial charge in [0.25, 0.3) is 0 Å². The fraction of sp³-hybridized carbons (Fsp3) is 0.381. The zero-order valence-corrected chi connectivity index (χ0v) is 16.6. The van der Waals surface area contributed by atoms with Gasteiger partial charge in [-0.25, -0.2) is 13.1 Å². The van der Waals surface area contributed by atoms with E-state index in [1.807, 2.05) is 30.3 Å². The Labute approximate surface area is 165 Å². The number of fused-ring (bicyclic) bond motifs is 1. The lowest BCUT2D eigenvalue weighted by Crippen LogP contribution is -3.10. The smallest absolute Gasteiger partial charge is 0.241 e. The number of nitrogens with zero attached hydrogens (tertiary/aromatic N) is 1. The van der Waals surface area contributed by atoms with E-state index in [0.29, 0.717) is 12.0 Å². The van der Waals surface area contributed by atoms with Crippen LogP contribution < -0.4 is 14.4 Å². The topological polar surface area (TPSA) is 83.6 Å². The molecule has 1 fully saturated rings. The van der Waals surface area contributed by atoms with Crippen LogP contribution in [0.1, 0.15) is 36.4 Å². The van der Waals surface area contributed by atoms with Crippen molar-refractivity contribution in [2.45, 2.75) is 35.8 Å². The third-order valence-corrected chi connectivity index (χ3v) is 7.29. The Morgan fingerprint density at radius 2 is 1.82 bits per heavy atom. The fourth-order valence-electron chi connectivity index (χ4n) is 4.13. The van der Waals surface area contributed by atoms with E-state index in [0.717, 1.165) is 37.2 Å². The van der Waals surface area contributed by atoms with Crippen molar-refractivity contribution < 1.29 is 18.1 Å². The van der Waals surface area contributed by atoms with Crippen molar-refractivity contribution in [1.82, 2.24) is 4.72 Å². The van der Waals surface area contributed by atoms with Gasteiger partial charge in [-0.2, -0.15) is 5.26 Å². The lowest BCUT2D eigenvalue weighted by molar-refractivity contribution is -0.887. The summed E-state index contributed by atoms with van der Waals surface area (Å²) in [6, 6.07) is 15.3. The molecular weight excluding hydrogens is 374 g/mol. The van der Waals surface area contributed by atoms with Crippen LogP contribution in [-0.2, 0) is 10.0 Å². The van der Waals surface area contributed by atoms with Gasteiger partial charge in [-0.15, -0.1) is 0 Å². The van der Waals surface area contributed by atoms with Gasteiger partial charge in [0.05, 0.1) is 42.7 Å². The Hall–Kier alpha value is -2.40. The summed E-state index contributed by atoms with van der Waals surface area (Å²) in [5.74, 6) is 0.765. The first-order valence-corrected chi connectivity index (χ1v) is 11.0. The third-order valence-electron chi connectivity index (χ3n) is 5.80. The van der Waals surface area contributed by atoms with E-state index in [1.165, 1.54) is 29.2 Å². The molecule has 0 aliphatic carbocycles. The van der Waals surface area contributed by atoms with Gasteiger partial charge in [0, 0.05) is 24.8 Å². The highest BCUT2D eigenvalue weighted by atomic mass is 32.2.